The van der Waals surface area contributed by atoms with Gasteiger partial charge in [0.05, 0.1) is 0 Å². The minimum atomic E-state index is -3.61. The summed E-state index contributed by atoms with van der Waals surface area (Å²) in [5.41, 5.74) is 0.665. The number of likely N-dealkylation sites (tertiary alicyclic amines) is 1. The summed E-state index contributed by atoms with van der Waals surface area (Å²) >= 11 is 0. The molecule has 2 aliphatic rings. The number of piperidine rings is 1. The van der Waals surface area contributed by atoms with E-state index in [9.17, 15) is 13.2 Å². The molecular formula is C21H32N4O3S. The van der Waals surface area contributed by atoms with Gasteiger partial charge < -0.3 is 10.2 Å². The summed E-state index contributed by atoms with van der Waals surface area (Å²) in [6, 6.07) is 7.83. The number of amides is 1. The van der Waals surface area contributed by atoms with Crippen LogP contribution in [-0.2, 0) is 14.8 Å². The SMILES string of the molecule is CC(C)N(CCNC(=O)C1CCN(C2=NS(=O)(=O)c3ccccc32)CC1)C(C)C. The van der Waals surface area contributed by atoms with Crippen LogP contribution in [-0.4, -0.2) is 68.2 Å². The van der Waals surface area contributed by atoms with E-state index in [-0.39, 0.29) is 16.7 Å². The van der Waals surface area contributed by atoms with E-state index in [2.05, 4.69) is 42.3 Å². The van der Waals surface area contributed by atoms with Crippen LogP contribution < -0.4 is 5.32 Å². The maximum absolute atomic E-state index is 12.6. The van der Waals surface area contributed by atoms with Crippen LogP contribution in [0.2, 0.25) is 0 Å². The van der Waals surface area contributed by atoms with Gasteiger partial charge in [-0.2, -0.15) is 8.42 Å². The number of carbonyl (C=O) groups is 1. The van der Waals surface area contributed by atoms with E-state index in [0.29, 0.717) is 56.0 Å². The highest BCUT2D eigenvalue weighted by Gasteiger charge is 2.34. The normalized spacial score (nSPS) is 19.0. The van der Waals surface area contributed by atoms with Crippen molar-refractivity contribution >= 4 is 21.8 Å². The van der Waals surface area contributed by atoms with Gasteiger partial charge in [-0.1, -0.05) is 12.1 Å². The number of rotatable bonds is 6. The minimum Gasteiger partial charge on any atom is -0.355 e. The Hall–Kier alpha value is -1.93. The number of carbonyl (C=O) groups excluding carboxylic acids is 1. The van der Waals surface area contributed by atoms with Gasteiger partial charge in [-0.05, 0) is 52.7 Å². The largest absolute Gasteiger partial charge is 0.355 e. The molecule has 0 aliphatic carbocycles. The molecule has 0 atom stereocenters. The average molecular weight is 421 g/mol. The van der Waals surface area contributed by atoms with Gasteiger partial charge in [-0.3, -0.25) is 9.69 Å². The van der Waals surface area contributed by atoms with Crippen molar-refractivity contribution in [1.29, 1.82) is 0 Å². The van der Waals surface area contributed by atoms with Gasteiger partial charge in [0, 0.05) is 49.7 Å². The van der Waals surface area contributed by atoms with E-state index < -0.39 is 10.0 Å². The number of nitrogens with zero attached hydrogens (tertiary/aromatic N) is 3. The molecule has 1 amide bonds. The highest BCUT2D eigenvalue weighted by molar-refractivity contribution is 7.90. The molecule has 29 heavy (non-hydrogen) atoms. The number of benzene rings is 1. The van der Waals surface area contributed by atoms with Gasteiger partial charge in [-0.25, -0.2) is 0 Å². The fourth-order valence-corrected chi connectivity index (χ4v) is 5.46. The Morgan fingerprint density at radius 2 is 1.79 bits per heavy atom. The molecule has 0 aromatic heterocycles. The van der Waals surface area contributed by atoms with Gasteiger partial charge in [0.25, 0.3) is 10.0 Å². The second kappa shape index (κ2) is 8.83. The summed E-state index contributed by atoms with van der Waals surface area (Å²) in [5.74, 6) is 0.578. The van der Waals surface area contributed by atoms with E-state index in [1.165, 1.54) is 0 Å². The van der Waals surface area contributed by atoms with Crippen LogP contribution in [0.1, 0.15) is 46.1 Å². The molecule has 0 spiro atoms. The maximum atomic E-state index is 12.6. The smallest absolute Gasteiger partial charge is 0.285 e. The number of amidine groups is 1. The summed E-state index contributed by atoms with van der Waals surface area (Å²) in [5, 5.41) is 3.08. The minimum absolute atomic E-state index is 0.0355. The van der Waals surface area contributed by atoms with Crippen molar-refractivity contribution in [3.63, 3.8) is 0 Å². The van der Waals surface area contributed by atoms with E-state index >= 15 is 0 Å². The zero-order valence-corrected chi connectivity index (χ0v) is 18.6. The van der Waals surface area contributed by atoms with Crippen LogP contribution in [0.25, 0.3) is 0 Å². The third kappa shape index (κ3) is 4.80. The first-order valence-corrected chi connectivity index (χ1v) is 11.9. The van der Waals surface area contributed by atoms with Crippen LogP contribution in [0.5, 0.6) is 0 Å². The topological polar surface area (TPSA) is 82.1 Å². The lowest BCUT2D eigenvalue weighted by Gasteiger charge is -2.33. The Morgan fingerprint density at radius 1 is 1.17 bits per heavy atom. The molecule has 1 aromatic carbocycles. The molecule has 2 heterocycles. The summed E-state index contributed by atoms with van der Waals surface area (Å²) in [6.07, 6.45) is 1.40. The Bertz CT molecular complexity index is 864. The monoisotopic (exact) mass is 420 g/mol. The van der Waals surface area contributed by atoms with Crippen LogP contribution in [0.4, 0.5) is 0 Å². The third-order valence-corrected chi connectivity index (χ3v) is 7.10. The van der Waals surface area contributed by atoms with Gasteiger partial charge in [0.1, 0.15) is 4.90 Å². The van der Waals surface area contributed by atoms with E-state index in [1.807, 2.05) is 11.0 Å². The van der Waals surface area contributed by atoms with Crippen LogP contribution in [0.3, 0.4) is 0 Å². The Balaban J connectivity index is 1.53. The third-order valence-electron chi connectivity index (χ3n) is 5.77. The predicted molar refractivity (Wildman–Crippen MR) is 114 cm³/mol. The van der Waals surface area contributed by atoms with Crippen molar-refractivity contribution in [2.45, 2.75) is 57.5 Å². The van der Waals surface area contributed by atoms with Crippen LogP contribution in [0.15, 0.2) is 33.6 Å². The number of hydrogen-bond acceptors (Lipinski definition) is 5. The van der Waals surface area contributed by atoms with Crippen molar-refractivity contribution in [2.75, 3.05) is 26.2 Å². The molecule has 1 fully saturated rings. The Kier molecular flexibility index (Phi) is 6.63. The lowest BCUT2D eigenvalue weighted by molar-refractivity contribution is -0.126. The lowest BCUT2D eigenvalue weighted by Crippen LogP contribution is -2.46. The number of fused-ring (bicyclic) bond motifs is 1. The molecule has 160 valence electrons. The standard InChI is InChI=1S/C21H32N4O3S/c1-15(2)25(16(3)4)14-11-22-21(26)17-9-12-24(13-10-17)20-18-7-5-6-8-19(18)29(27,28)23-20/h5-8,15-17H,9-14H2,1-4H3,(H,22,26). The molecule has 0 radical (unpaired) electrons. The first kappa shape index (κ1) is 21.8. The van der Waals surface area contributed by atoms with Crippen molar-refractivity contribution in [1.82, 2.24) is 15.1 Å². The molecular weight excluding hydrogens is 388 g/mol. The lowest BCUT2D eigenvalue weighted by atomic mass is 9.95. The zero-order valence-electron chi connectivity index (χ0n) is 17.8. The first-order chi connectivity index (χ1) is 13.7. The van der Waals surface area contributed by atoms with Crippen molar-refractivity contribution in [3.8, 4) is 0 Å². The maximum Gasteiger partial charge on any atom is 0.285 e. The van der Waals surface area contributed by atoms with Crippen molar-refractivity contribution < 1.29 is 13.2 Å². The van der Waals surface area contributed by atoms with Crippen molar-refractivity contribution in [2.24, 2.45) is 10.3 Å². The van der Waals surface area contributed by atoms with Crippen LogP contribution >= 0.6 is 0 Å². The van der Waals surface area contributed by atoms with Gasteiger partial charge in [0.2, 0.25) is 5.91 Å². The van der Waals surface area contributed by atoms with Crippen LogP contribution in [0, 0.1) is 5.92 Å². The summed E-state index contributed by atoms with van der Waals surface area (Å²) in [7, 11) is -3.61. The molecule has 0 saturated carbocycles. The molecule has 1 N–H and O–H groups in total. The Morgan fingerprint density at radius 3 is 2.41 bits per heavy atom. The molecule has 2 aliphatic heterocycles. The van der Waals surface area contributed by atoms with Gasteiger partial charge in [-0.15, -0.1) is 4.40 Å². The highest BCUT2D eigenvalue weighted by Crippen LogP contribution is 2.29. The molecule has 1 aromatic rings. The van der Waals surface area contributed by atoms with Crippen molar-refractivity contribution in [3.05, 3.63) is 29.8 Å². The number of sulfonamides is 1. The molecule has 8 heteroatoms. The second-order valence-electron chi connectivity index (χ2n) is 8.36. The summed E-state index contributed by atoms with van der Waals surface area (Å²) in [6.45, 7) is 11.4. The molecule has 3 rings (SSSR count). The van der Waals surface area contributed by atoms with Gasteiger partial charge >= 0.3 is 0 Å². The molecule has 0 unspecified atom stereocenters. The zero-order chi connectivity index (χ0) is 21.2. The van der Waals surface area contributed by atoms with Gasteiger partial charge in [0.15, 0.2) is 5.84 Å². The molecule has 0 bridgehead atoms. The fourth-order valence-electron chi connectivity index (χ4n) is 4.24. The molecule has 7 nitrogen and oxygen atoms in total. The fraction of sp³-hybridized carbons (Fsp3) is 0.619. The van der Waals surface area contributed by atoms with E-state index in [0.717, 1.165) is 6.54 Å². The number of nitrogens with one attached hydrogen (secondary N) is 1. The molecule has 1 saturated heterocycles. The van der Waals surface area contributed by atoms with E-state index in [1.54, 1.807) is 18.2 Å². The quantitative estimate of drug-likeness (QED) is 0.762. The number of hydrogen-bond donors (Lipinski definition) is 1. The highest BCUT2D eigenvalue weighted by atomic mass is 32.2. The summed E-state index contributed by atoms with van der Waals surface area (Å²) < 4.78 is 28.5. The average Bonchev–Trinajstić information content (AvgIpc) is 2.96. The predicted octanol–water partition coefficient (Wildman–Crippen LogP) is 2.08. The second-order valence-corrected chi connectivity index (χ2v) is 9.94. The van der Waals surface area contributed by atoms with E-state index in [4.69, 9.17) is 0 Å². The summed E-state index contributed by atoms with van der Waals surface area (Å²) in [4.78, 5) is 17.2. The Labute approximate surface area is 174 Å². The first-order valence-electron chi connectivity index (χ1n) is 10.4.